The molecule has 1 aromatic rings. The van der Waals surface area contributed by atoms with Crippen LogP contribution in [0.5, 0.6) is 0 Å². The number of nitrogens with zero attached hydrogens (tertiary/aromatic N) is 1. The third-order valence-electron chi connectivity index (χ3n) is 3.17. The van der Waals surface area contributed by atoms with Gasteiger partial charge in [0.1, 0.15) is 0 Å². The smallest absolute Gasteiger partial charge is 0.370 e. The molecule has 2 nitrogen and oxygen atoms in total. The van der Waals surface area contributed by atoms with Gasteiger partial charge >= 0.3 is 6.18 Å². The molecule has 0 amide bonds. The van der Waals surface area contributed by atoms with Crippen LogP contribution < -0.4 is 10.2 Å². The monoisotopic (exact) mass is 322 g/mol. The molecule has 1 unspecified atom stereocenters. The van der Waals surface area contributed by atoms with Gasteiger partial charge in [0, 0.05) is 29.3 Å². The van der Waals surface area contributed by atoms with E-state index in [1.54, 1.807) is 6.07 Å². The molecule has 0 bridgehead atoms. The minimum Gasteiger partial charge on any atom is -0.370 e. The molecule has 0 saturated carbocycles. The Hall–Kier alpha value is -0.750. The van der Waals surface area contributed by atoms with Gasteiger partial charge < -0.3 is 10.2 Å². The first-order valence-corrected chi connectivity index (χ1v) is 6.49. The number of halogens is 4. The number of hydrogen-bond acceptors (Lipinski definition) is 2. The first-order valence-electron chi connectivity index (χ1n) is 5.70. The standard InChI is InChI=1S/C12H14BrF3N2/c1-17-10-2-3-18(7-10)11-5-8(12(14,15)16)4-9(13)6-11/h4-6,10,17H,2-3,7H2,1H3. The van der Waals surface area contributed by atoms with Gasteiger partial charge in [0.25, 0.3) is 0 Å². The number of nitrogens with one attached hydrogen (secondary N) is 1. The SMILES string of the molecule is CNC1CCN(c2cc(Br)cc(C(F)(F)F)c2)C1. The molecule has 1 aliphatic rings. The molecule has 0 aliphatic carbocycles. The highest BCUT2D eigenvalue weighted by molar-refractivity contribution is 9.10. The van der Waals surface area contributed by atoms with Crippen molar-refractivity contribution in [3.05, 3.63) is 28.2 Å². The fourth-order valence-corrected chi connectivity index (χ4v) is 2.63. The highest BCUT2D eigenvalue weighted by Crippen LogP contribution is 2.35. The Kier molecular flexibility index (Phi) is 3.87. The van der Waals surface area contributed by atoms with Gasteiger partial charge in [0.15, 0.2) is 0 Å². The Morgan fingerprint density at radius 3 is 2.61 bits per heavy atom. The van der Waals surface area contributed by atoms with Crippen molar-refractivity contribution < 1.29 is 13.2 Å². The molecule has 1 saturated heterocycles. The Balaban J connectivity index is 2.26. The molecule has 1 aliphatic heterocycles. The molecule has 0 spiro atoms. The predicted octanol–water partition coefficient (Wildman–Crippen LogP) is 3.27. The highest BCUT2D eigenvalue weighted by atomic mass is 79.9. The largest absolute Gasteiger partial charge is 0.416 e. The summed E-state index contributed by atoms with van der Waals surface area (Å²) >= 11 is 3.14. The van der Waals surface area contributed by atoms with E-state index in [2.05, 4.69) is 21.2 Å². The molecule has 1 atom stereocenters. The number of rotatable bonds is 2. The van der Waals surface area contributed by atoms with Gasteiger partial charge in [0.2, 0.25) is 0 Å². The van der Waals surface area contributed by atoms with Crippen molar-refractivity contribution in [3.8, 4) is 0 Å². The van der Waals surface area contributed by atoms with Crippen LogP contribution in [0.2, 0.25) is 0 Å². The van der Waals surface area contributed by atoms with Gasteiger partial charge in [-0.2, -0.15) is 13.2 Å². The number of hydrogen-bond donors (Lipinski definition) is 1. The molecule has 1 heterocycles. The number of likely N-dealkylation sites (N-methyl/N-ethyl adjacent to an activating group) is 1. The van der Waals surface area contributed by atoms with E-state index in [-0.39, 0.29) is 0 Å². The van der Waals surface area contributed by atoms with Crippen molar-refractivity contribution in [1.29, 1.82) is 0 Å². The zero-order chi connectivity index (χ0) is 13.3. The van der Waals surface area contributed by atoms with Crippen molar-refractivity contribution >= 4 is 21.6 Å². The second-order valence-electron chi connectivity index (χ2n) is 4.42. The van der Waals surface area contributed by atoms with E-state index in [0.717, 1.165) is 25.6 Å². The summed E-state index contributed by atoms with van der Waals surface area (Å²) < 4.78 is 38.6. The van der Waals surface area contributed by atoms with E-state index in [1.165, 1.54) is 6.07 Å². The molecule has 18 heavy (non-hydrogen) atoms. The minimum absolute atomic E-state index is 0.346. The summed E-state index contributed by atoms with van der Waals surface area (Å²) in [5, 5.41) is 3.15. The topological polar surface area (TPSA) is 15.3 Å². The summed E-state index contributed by atoms with van der Waals surface area (Å²) in [6.45, 7) is 1.52. The van der Waals surface area contributed by atoms with Crippen LogP contribution in [0.25, 0.3) is 0 Å². The van der Waals surface area contributed by atoms with E-state index in [9.17, 15) is 13.2 Å². The minimum atomic E-state index is -4.30. The normalized spacial score (nSPS) is 20.5. The zero-order valence-electron chi connectivity index (χ0n) is 9.89. The summed E-state index contributed by atoms with van der Waals surface area (Å²) in [7, 11) is 1.87. The van der Waals surface area contributed by atoms with Crippen LogP contribution in [-0.4, -0.2) is 26.2 Å². The summed E-state index contributed by atoms with van der Waals surface area (Å²) in [5.74, 6) is 0. The highest BCUT2D eigenvalue weighted by Gasteiger charge is 2.32. The fraction of sp³-hybridized carbons (Fsp3) is 0.500. The van der Waals surface area contributed by atoms with E-state index in [0.29, 0.717) is 16.2 Å². The molecular formula is C12H14BrF3N2. The van der Waals surface area contributed by atoms with E-state index >= 15 is 0 Å². The summed E-state index contributed by atoms with van der Waals surface area (Å²) in [4.78, 5) is 1.97. The summed E-state index contributed by atoms with van der Waals surface area (Å²) in [6, 6.07) is 4.39. The van der Waals surface area contributed by atoms with Crippen molar-refractivity contribution in [1.82, 2.24) is 5.32 Å². The van der Waals surface area contributed by atoms with Crippen LogP contribution >= 0.6 is 15.9 Å². The van der Waals surface area contributed by atoms with Crippen molar-refractivity contribution in [2.45, 2.75) is 18.6 Å². The van der Waals surface area contributed by atoms with Crippen LogP contribution in [0.1, 0.15) is 12.0 Å². The lowest BCUT2D eigenvalue weighted by molar-refractivity contribution is -0.137. The Bertz CT molecular complexity index is 434. The first-order chi connectivity index (χ1) is 8.40. The second kappa shape index (κ2) is 5.09. The van der Waals surface area contributed by atoms with Gasteiger partial charge in [-0.1, -0.05) is 15.9 Å². The van der Waals surface area contributed by atoms with Gasteiger partial charge in [-0.25, -0.2) is 0 Å². The quantitative estimate of drug-likeness (QED) is 0.899. The van der Waals surface area contributed by atoms with E-state index in [1.807, 2.05) is 11.9 Å². The number of anilines is 1. The zero-order valence-corrected chi connectivity index (χ0v) is 11.5. The fourth-order valence-electron chi connectivity index (χ4n) is 2.15. The van der Waals surface area contributed by atoms with Gasteiger partial charge in [-0.3, -0.25) is 0 Å². The summed E-state index contributed by atoms with van der Waals surface area (Å²) in [5.41, 5.74) is 0.00855. The lowest BCUT2D eigenvalue weighted by Gasteiger charge is -2.20. The molecule has 0 aromatic heterocycles. The van der Waals surface area contributed by atoms with Crippen LogP contribution in [0.4, 0.5) is 18.9 Å². The Morgan fingerprint density at radius 2 is 2.06 bits per heavy atom. The maximum atomic E-state index is 12.7. The van der Waals surface area contributed by atoms with E-state index in [4.69, 9.17) is 0 Å². The Labute approximate surface area is 112 Å². The van der Waals surface area contributed by atoms with Gasteiger partial charge in [0.05, 0.1) is 5.56 Å². The van der Waals surface area contributed by atoms with Crippen LogP contribution in [-0.2, 0) is 6.18 Å². The predicted molar refractivity (Wildman–Crippen MR) is 68.8 cm³/mol. The maximum Gasteiger partial charge on any atom is 0.416 e. The maximum absolute atomic E-state index is 12.7. The molecular weight excluding hydrogens is 309 g/mol. The third kappa shape index (κ3) is 2.98. The van der Waals surface area contributed by atoms with Crippen molar-refractivity contribution in [2.75, 3.05) is 25.0 Å². The average molecular weight is 323 g/mol. The number of benzene rings is 1. The molecule has 6 heteroatoms. The molecule has 2 rings (SSSR count). The molecule has 1 N–H and O–H groups in total. The van der Waals surface area contributed by atoms with Crippen molar-refractivity contribution in [3.63, 3.8) is 0 Å². The molecule has 1 fully saturated rings. The lowest BCUT2D eigenvalue weighted by Crippen LogP contribution is -2.29. The Morgan fingerprint density at radius 1 is 1.33 bits per heavy atom. The van der Waals surface area contributed by atoms with Gasteiger partial charge in [-0.15, -0.1) is 0 Å². The van der Waals surface area contributed by atoms with Crippen LogP contribution in [0.15, 0.2) is 22.7 Å². The number of alkyl halides is 3. The van der Waals surface area contributed by atoms with Crippen molar-refractivity contribution in [2.24, 2.45) is 0 Å². The average Bonchev–Trinajstić information content (AvgIpc) is 2.75. The first kappa shape index (κ1) is 13.7. The summed E-state index contributed by atoms with van der Waals surface area (Å²) in [6.07, 6.45) is -3.36. The third-order valence-corrected chi connectivity index (χ3v) is 3.63. The van der Waals surface area contributed by atoms with E-state index < -0.39 is 11.7 Å². The molecule has 1 aromatic carbocycles. The van der Waals surface area contributed by atoms with Crippen LogP contribution in [0.3, 0.4) is 0 Å². The lowest BCUT2D eigenvalue weighted by atomic mass is 10.2. The molecule has 100 valence electrons. The second-order valence-corrected chi connectivity index (χ2v) is 5.33. The van der Waals surface area contributed by atoms with Crippen LogP contribution in [0, 0.1) is 0 Å². The molecule has 0 radical (unpaired) electrons. The van der Waals surface area contributed by atoms with Gasteiger partial charge in [-0.05, 0) is 31.7 Å².